The molecule has 0 aliphatic heterocycles. The molecule has 0 saturated carbocycles. The van der Waals surface area contributed by atoms with Crippen molar-refractivity contribution in [3.63, 3.8) is 0 Å². The topological polar surface area (TPSA) is 72.9 Å². The number of aryl methyl sites for hydroxylation is 1. The van der Waals surface area contributed by atoms with Crippen molar-refractivity contribution < 1.29 is 4.79 Å². The molecular weight excluding hydrogens is 252 g/mol. The quantitative estimate of drug-likeness (QED) is 0.858. The second-order valence-corrected chi connectivity index (χ2v) is 4.80. The monoisotopic (exact) mass is 272 g/mol. The van der Waals surface area contributed by atoms with Crippen molar-refractivity contribution >= 4 is 5.91 Å². The molecule has 1 heterocycles. The predicted molar refractivity (Wildman–Crippen MR) is 78.3 cm³/mol. The summed E-state index contributed by atoms with van der Waals surface area (Å²) in [6.07, 6.45) is 2.61. The zero-order valence-corrected chi connectivity index (χ0v) is 11.9. The van der Waals surface area contributed by atoms with Gasteiger partial charge >= 0.3 is 0 Å². The fourth-order valence-electron chi connectivity index (χ4n) is 1.98. The number of benzene rings is 1. The maximum atomic E-state index is 12.0. The molecule has 5 nitrogen and oxygen atoms in total. The molecule has 0 fully saturated rings. The fourth-order valence-corrected chi connectivity index (χ4v) is 1.98. The number of aromatic nitrogens is 2. The Morgan fingerprint density at radius 2 is 2.05 bits per heavy atom. The van der Waals surface area contributed by atoms with Crippen molar-refractivity contribution in [2.24, 2.45) is 12.8 Å². The minimum absolute atomic E-state index is 0.0763. The highest BCUT2D eigenvalue weighted by molar-refractivity contribution is 5.94. The molecule has 0 unspecified atom stereocenters. The Morgan fingerprint density at radius 1 is 1.35 bits per heavy atom. The van der Waals surface area contributed by atoms with Gasteiger partial charge in [0.1, 0.15) is 0 Å². The normalized spacial score (nSPS) is 10.6. The summed E-state index contributed by atoms with van der Waals surface area (Å²) < 4.78 is 1.79. The minimum Gasteiger partial charge on any atom is -0.348 e. The molecule has 0 bridgehead atoms. The Kier molecular flexibility index (Phi) is 4.53. The highest BCUT2D eigenvalue weighted by atomic mass is 16.1. The molecule has 20 heavy (non-hydrogen) atoms. The molecule has 0 atom stereocenters. The lowest BCUT2D eigenvalue weighted by Crippen LogP contribution is -2.23. The first-order chi connectivity index (χ1) is 9.61. The number of nitrogens with zero attached hydrogens (tertiary/aromatic N) is 2. The van der Waals surface area contributed by atoms with E-state index in [9.17, 15) is 4.79 Å². The Hall–Kier alpha value is -2.14. The van der Waals surface area contributed by atoms with E-state index in [-0.39, 0.29) is 5.91 Å². The Labute approximate surface area is 118 Å². The third-order valence-electron chi connectivity index (χ3n) is 3.43. The Morgan fingerprint density at radius 3 is 2.60 bits per heavy atom. The molecule has 0 spiro atoms. The summed E-state index contributed by atoms with van der Waals surface area (Å²) in [6.45, 7) is 3.09. The Bertz CT molecular complexity index is 586. The van der Waals surface area contributed by atoms with Crippen LogP contribution in [0.15, 0.2) is 30.5 Å². The van der Waals surface area contributed by atoms with Crippen LogP contribution in [0.3, 0.4) is 0 Å². The van der Waals surface area contributed by atoms with Crippen molar-refractivity contribution in [3.8, 4) is 0 Å². The third-order valence-corrected chi connectivity index (χ3v) is 3.43. The number of rotatable bonds is 5. The zero-order valence-electron chi connectivity index (χ0n) is 11.9. The summed E-state index contributed by atoms with van der Waals surface area (Å²) in [4.78, 5) is 12.0. The molecule has 5 heteroatoms. The van der Waals surface area contributed by atoms with Crippen LogP contribution in [0.2, 0.25) is 0 Å². The fraction of sp³-hybridized carbons (Fsp3) is 0.333. The highest BCUT2D eigenvalue weighted by Crippen LogP contribution is 2.07. The smallest absolute Gasteiger partial charge is 0.251 e. The van der Waals surface area contributed by atoms with Crippen LogP contribution >= 0.6 is 0 Å². The van der Waals surface area contributed by atoms with Crippen LogP contribution in [0.4, 0.5) is 0 Å². The molecule has 3 N–H and O–H groups in total. The molecule has 2 rings (SSSR count). The van der Waals surface area contributed by atoms with Crippen molar-refractivity contribution in [2.45, 2.75) is 19.9 Å². The molecule has 2 aromatic rings. The van der Waals surface area contributed by atoms with E-state index in [0.717, 1.165) is 23.2 Å². The van der Waals surface area contributed by atoms with Gasteiger partial charge in [-0.1, -0.05) is 12.1 Å². The van der Waals surface area contributed by atoms with Crippen molar-refractivity contribution in [1.29, 1.82) is 0 Å². The van der Waals surface area contributed by atoms with Gasteiger partial charge in [0, 0.05) is 30.4 Å². The van der Waals surface area contributed by atoms with E-state index in [1.807, 2.05) is 38.2 Å². The van der Waals surface area contributed by atoms with Crippen LogP contribution in [0.1, 0.15) is 27.2 Å². The number of hydrogen-bond donors (Lipinski definition) is 2. The number of carbonyl (C=O) groups is 1. The van der Waals surface area contributed by atoms with Gasteiger partial charge in [-0.25, -0.2) is 0 Å². The summed E-state index contributed by atoms with van der Waals surface area (Å²) in [5.41, 5.74) is 9.39. The van der Waals surface area contributed by atoms with Crippen LogP contribution < -0.4 is 11.1 Å². The summed E-state index contributed by atoms with van der Waals surface area (Å²) in [6, 6.07) is 7.54. The van der Waals surface area contributed by atoms with E-state index < -0.39 is 0 Å². The largest absolute Gasteiger partial charge is 0.348 e. The standard InChI is InChI=1S/C15H20N4O/c1-11-14(10-18-19(11)2)9-17-15(20)13-5-3-12(4-6-13)7-8-16/h3-6,10H,7-9,16H2,1-2H3,(H,17,20). The van der Waals surface area contributed by atoms with Gasteiger partial charge in [0.15, 0.2) is 0 Å². The number of carbonyl (C=O) groups excluding carboxylic acids is 1. The highest BCUT2D eigenvalue weighted by Gasteiger charge is 2.08. The number of amides is 1. The van der Waals surface area contributed by atoms with E-state index >= 15 is 0 Å². The third kappa shape index (κ3) is 3.24. The van der Waals surface area contributed by atoms with Gasteiger partial charge in [0.2, 0.25) is 0 Å². The molecule has 1 aromatic carbocycles. The SMILES string of the molecule is Cc1c(CNC(=O)c2ccc(CCN)cc2)cnn1C. The van der Waals surface area contributed by atoms with Crippen molar-refractivity contribution in [3.05, 3.63) is 52.8 Å². The van der Waals surface area contributed by atoms with Gasteiger partial charge in [0.05, 0.1) is 6.20 Å². The van der Waals surface area contributed by atoms with Crippen LogP contribution in [0.5, 0.6) is 0 Å². The number of nitrogens with two attached hydrogens (primary N) is 1. The molecular formula is C15H20N4O. The average molecular weight is 272 g/mol. The second kappa shape index (κ2) is 6.34. The number of nitrogens with one attached hydrogen (secondary N) is 1. The summed E-state index contributed by atoms with van der Waals surface area (Å²) in [5, 5.41) is 7.06. The molecule has 0 aliphatic rings. The molecule has 0 radical (unpaired) electrons. The molecule has 1 aromatic heterocycles. The summed E-state index contributed by atoms with van der Waals surface area (Å²) >= 11 is 0. The lowest BCUT2D eigenvalue weighted by molar-refractivity contribution is 0.0951. The minimum atomic E-state index is -0.0763. The first-order valence-corrected chi connectivity index (χ1v) is 6.66. The van der Waals surface area contributed by atoms with E-state index in [2.05, 4.69) is 10.4 Å². The van der Waals surface area contributed by atoms with Gasteiger partial charge in [0.25, 0.3) is 5.91 Å². The first kappa shape index (κ1) is 14.3. The van der Waals surface area contributed by atoms with Gasteiger partial charge in [-0.05, 0) is 37.6 Å². The van der Waals surface area contributed by atoms with Crippen molar-refractivity contribution in [1.82, 2.24) is 15.1 Å². The van der Waals surface area contributed by atoms with Crippen LogP contribution in [0.25, 0.3) is 0 Å². The lowest BCUT2D eigenvalue weighted by Gasteiger charge is -2.06. The maximum absolute atomic E-state index is 12.0. The van der Waals surface area contributed by atoms with Gasteiger partial charge in [-0.2, -0.15) is 5.10 Å². The van der Waals surface area contributed by atoms with Gasteiger partial charge < -0.3 is 11.1 Å². The average Bonchev–Trinajstić information content (AvgIpc) is 2.77. The molecule has 0 aliphatic carbocycles. The zero-order chi connectivity index (χ0) is 14.5. The predicted octanol–water partition coefficient (Wildman–Crippen LogP) is 1.16. The summed E-state index contributed by atoms with van der Waals surface area (Å²) in [7, 11) is 1.89. The lowest BCUT2D eigenvalue weighted by atomic mass is 10.1. The summed E-state index contributed by atoms with van der Waals surface area (Å²) in [5.74, 6) is -0.0763. The molecule has 0 saturated heterocycles. The number of hydrogen-bond acceptors (Lipinski definition) is 3. The van der Waals surface area contributed by atoms with E-state index in [1.165, 1.54) is 0 Å². The van der Waals surface area contributed by atoms with E-state index in [4.69, 9.17) is 5.73 Å². The van der Waals surface area contributed by atoms with Gasteiger partial charge in [-0.15, -0.1) is 0 Å². The second-order valence-electron chi connectivity index (χ2n) is 4.80. The van der Waals surface area contributed by atoms with E-state index in [1.54, 1.807) is 10.9 Å². The first-order valence-electron chi connectivity index (χ1n) is 6.66. The van der Waals surface area contributed by atoms with E-state index in [0.29, 0.717) is 18.7 Å². The Balaban J connectivity index is 1.96. The van der Waals surface area contributed by atoms with Crippen LogP contribution in [-0.2, 0) is 20.0 Å². The van der Waals surface area contributed by atoms with Crippen LogP contribution in [0, 0.1) is 6.92 Å². The van der Waals surface area contributed by atoms with Gasteiger partial charge in [-0.3, -0.25) is 9.48 Å². The molecule has 106 valence electrons. The molecule has 1 amide bonds. The van der Waals surface area contributed by atoms with Crippen LogP contribution in [-0.4, -0.2) is 22.2 Å². The van der Waals surface area contributed by atoms with Crippen molar-refractivity contribution in [2.75, 3.05) is 6.54 Å². The maximum Gasteiger partial charge on any atom is 0.251 e.